The Morgan fingerprint density at radius 3 is 2.57 bits per heavy atom. The van der Waals surface area contributed by atoms with Crippen LogP contribution in [0.2, 0.25) is 5.02 Å². The molecule has 0 unspecified atom stereocenters. The number of aryl methyl sites for hydroxylation is 3. The summed E-state index contributed by atoms with van der Waals surface area (Å²) in [5, 5.41) is 10.7. The number of hydrogen-bond acceptors (Lipinski definition) is 6. The minimum absolute atomic E-state index is 0.0778. The van der Waals surface area contributed by atoms with Crippen LogP contribution in [0.15, 0.2) is 24.4 Å². The van der Waals surface area contributed by atoms with E-state index in [1.165, 1.54) is 22.3 Å². The van der Waals surface area contributed by atoms with Crippen molar-refractivity contribution >= 4 is 29.1 Å². The molecule has 4 heterocycles. The van der Waals surface area contributed by atoms with Crippen molar-refractivity contribution < 1.29 is 4.79 Å². The fourth-order valence-electron chi connectivity index (χ4n) is 5.72. The van der Waals surface area contributed by atoms with Gasteiger partial charge in [-0.1, -0.05) is 23.7 Å². The van der Waals surface area contributed by atoms with E-state index >= 15 is 0 Å². The number of carbonyl (C=O) groups is 1. The van der Waals surface area contributed by atoms with Gasteiger partial charge in [0.25, 0.3) is 0 Å². The van der Waals surface area contributed by atoms with Gasteiger partial charge in [0.1, 0.15) is 10.8 Å². The molecule has 2 aliphatic rings. The van der Waals surface area contributed by atoms with Crippen LogP contribution in [0.3, 0.4) is 0 Å². The van der Waals surface area contributed by atoms with Crippen LogP contribution in [0, 0.1) is 20.8 Å². The number of halogens is 1. The van der Waals surface area contributed by atoms with Gasteiger partial charge in [0, 0.05) is 31.3 Å². The van der Waals surface area contributed by atoms with Gasteiger partial charge in [-0.15, -0.1) is 0 Å². The van der Waals surface area contributed by atoms with E-state index in [9.17, 15) is 4.79 Å². The Balaban J connectivity index is 1.25. The molecule has 2 saturated heterocycles. The van der Waals surface area contributed by atoms with E-state index in [1.54, 1.807) is 6.20 Å². The molecule has 37 heavy (non-hydrogen) atoms. The average Bonchev–Trinajstić information content (AvgIpc) is 3.50. The molecule has 0 spiro atoms. The second-order valence-corrected chi connectivity index (χ2v) is 11.0. The molecule has 196 valence electrons. The molecular formula is C28H36ClN7O. The first kappa shape index (κ1) is 25.7. The van der Waals surface area contributed by atoms with Crippen LogP contribution in [-0.2, 0) is 11.2 Å². The summed E-state index contributed by atoms with van der Waals surface area (Å²) in [6, 6.07) is 6.59. The minimum atomic E-state index is 0.0778. The molecule has 8 nitrogen and oxygen atoms in total. The second-order valence-electron chi connectivity index (χ2n) is 10.6. The second kappa shape index (κ2) is 10.8. The highest BCUT2D eigenvalue weighted by atomic mass is 35.5. The number of H-pyrrole nitrogens is 1. The number of aromatic amines is 1. The van der Waals surface area contributed by atoms with Crippen LogP contribution in [0.5, 0.6) is 0 Å². The lowest BCUT2D eigenvalue weighted by molar-refractivity contribution is -0.136. The number of anilines is 2. The largest absolute Gasteiger partial charge is 0.341 e. The van der Waals surface area contributed by atoms with E-state index in [0.717, 1.165) is 51.0 Å². The number of amides is 1. The Morgan fingerprint density at radius 2 is 1.89 bits per heavy atom. The van der Waals surface area contributed by atoms with Crippen molar-refractivity contribution in [3.05, 3.63) is 63.2 Å². The van der Waals surface area contributed by atoms with Crippen molar-refractivity contribution in [2.24, 2.45) is 0 Å². The number of rotatable bonds is 6. The molecular weight excluding hydrogens is 486 g/mol. The van der Waals surface area contributed by atoms with Gasteiger partial charge in [0.15, 0.2) is 11.6 Å². The highest BCUT2D eigenvalue weighted by molar-refractivity contribution is 6.32. The molecule has 2 fully saturated rings. The van der Waals surface area contributed by atoms with Crippen LogP contribution in [0.4, 0.5) is 11.6 Å². The maximum atomic E-state index is 13.0. The highest BCUT2D eigenvalue weighted by Gasteiger charge is 2.33. The predicted molar refractivity (Wildman–Crippen MR) is 147 cm³/mol. The first-order valence-electron chi connectivity index (χ1n) is 13.2. The summed E-state index contributed by atoms with van der Waals surface area (Å²) in [4.78, 5) is 26.4. The monoisotopic (exact) mass is 521 g/mol. The Hall–Kier alpha value is -2.97. The van der Waals surface area contributed by atoms with Gasteiger partial charge < -0.3 is 10.2 Å². The molecule has 2 N–H and O–H groups in total. The van der Waals surface area contributed by atoms with E-state index in [0.29, 0.717) is 40.7 Å². The molecule has 2 aliphatic heterocycles. The van der Waals surface area contributed by atoms with Crippen LogP contribution in [-0.4, -0.2) is 68.6 Å². The normalized spacial score (nSPS) is 18.9. The first-order chi connectivity index (χ1) is 17.8. The summed E-state index contributed by atoms with van der Waals surface area (Å²) in [6.07, 6.45) is 6.41. The number of likely N-dealkylation sites (N-methyl/N-ethyl adjacent to an activating group) is 1. The zero-order chi connectivity index (χ0) is 26.1. The standard InChI is InChI=1S/C28H36ClN7O/c1-17-13-22(20-7-10-36(11-8-20)28(37)24-6-5-9-35(24)4)18(2)12-21(17)15-25-30-16-23(29)27(31-25)32-26-14-19(3)33-34-26/h12-14,16,20,24H,5-11,15H2,1-4H3,(H2,30,31,32,33,34)/t24-/m1/s1. The first-order valence-corrected chi connectivity index (χ1v) is 13.6. The Labute approximate surface area is 223 Å². The molecule has 1 aromatic carbocycles. The van der Waals surface area contributed by atoms with Crippen molar-refractivity contribution in [3.63, 3.8) is 0 Å². The van der Waals surface area contributed by atoms with Crippen LogP contribution < -0.4 is 5.32 Å². The quantitative estimate of drug-likeness (QED) is 0.479. The number of aromatic nitrogens is 4. The van der Waals surface area contributed by atoms with Gasteiger partial charge in [-0.05, 0) is 88.2 Å². The minimum Gasteiger partial charge on any atom is -0.341 e. The van der Waals surface area contributed by atoms with Gasteiger partial charge in [0.2, 0.25) is 5.91 Å². The van der Waals surface area contributed by atoms with E-state index in [1.807, 2.05) is 13.0 Å². The third kappa shape index (κ3) is 5.65. The van der Waals surface area contributed by atoms with E-state index < -0.39 is 0 Å². The molecule has 0 aliphatic carbocycles. The molecule has 2 aromatic heterocycles. The predicted octanol–water partition coefficient (Wildman–Crippen LogP) is 4.91. The maximum absolute atomic E-state index is 13.0. The highest BCUT2D eigenvalue weighted by Crippen LogP contribution is 2.33. The van der Waals surface area contributed by atoms with Gasteiger partial charge in [-0.2, -0.15) is 5.10 Å². The molecule has 5 rings (SSSR count). The van der Waals surface area contributed by atoms with Crippen LogP contribution >= 0.6 is 11.6 Å². The maximum Gasteiger partial charge on any atom is 0.239 e. The summed E-state index contributed by atoms with van der Waals surface area (Å²) in [7, 11) is 2.07. The lowest BCUT2D eigenvalue weighted by Gasteiger charge is -2.35. The molecule has 0 bridgehead atoms. The molecule has 3 aromatic rings. The van der Waals surface area contributed by atoms with Crippen molar-refractivity contribution in [2.45, 2.75) is 64.8 Å². The third-order valence-electron chi connectivity index (χ3n) is 7.87. The van der Waals surface area contributed by atoms with Crippen molar-refractivity contribution in [1.82, 2.24) is 30.0 Å². The van der Waals surface area contributed by atoms with Crippen LogP contribution in [0.25, 0.3) is 0 Å². The smallest absolute Gasteiger partial charge is 0.239 e. The molecule has 9 heteroatoms. The van der Waals surface area contributed by atoms with Crippen molar-refractivity contribution in [1.29, 1.82) is 0 Å². The van der Waals surface area contributed by atoms with Gasteiger partial charge in [-0.3, -0.25) is 14.8 Å². The zero-order valence-corrected chi connectivity index (χ0v) is 22.9. The molecule has 0 saturated carbocycles. The number of hydrogen-bond donors (Lipinski definition) is 2. The Morgan fingerprint density at radius 1 is 1.11 bits per heavy atom. The van der Waals surface area contributed by atoms with Crippen LogP contribution in [0.1, 0.15) is 65.4 Å². The van der Waals surface area contributed by atoms with E-state index in [4.69, 9.17) is 11.6 Å². The Kier molecular flexibility index (Phi) is 7.49. The lowest BCUT2D eigenvalue weighted by Crippen LogP contribution is -2.47. The fourth-order valence-corrected chi connectivity index (χ4v) is 5.86. The third-order valence-corrected chi connectivity index (χ3v) is 8.15. The lowest BCUT2D eigenvalue weighted by atomic mass is 9.84. The molecule has 1 amide bonds. The SMILES string of the molecule is Cc1cc(Nc2nc(Cc3cc(C)c(C4CCN(C(=O)[C@H]5CCCN5C)CC4)cc3C)ncc2Cl)n[nH]1. The van der Waals surface area contributed by atoms with Gasteiger partial charge >= 0.3 is 0 Å². The zero-order valence-electron chi connectivity index (χ0n) is 22.1. The summed E-state index contributed by atoms with van der Waals surface area (Å²) in [6.45, 7) is 9.02. The molecule has 1 atom stereocenters. The number of nitrogens with zero attached hydrogens (tertiary/aromatic N) is 5. The van der Waals surface area contributed by atoms with Gasteiger partial charge in [0.05, 0.1) is 12.2 Å². The number of carbonyl (C=O) groups excluding carboxylic acids is 1. The summed E-state index contributed by atoms with van der Waals surface area (Å²) >= 11 is 6.34. The fraction of sp³-hybridized carbons (Fsp3) is 0.500. The topological polar surface area (TPSA) is 90.0 Å². The van der Waals surface area contributed by atoms with E-state index in [2.05, 4.69) is 68.3 Å². The average molecular weight is 522 g/mol. The number of piperidine rings is 1. The van der Waals surface area contributed by atoms with E-state index in [-0.39, 0.29) is 6.04 Å². The van der Waals surface area contributed by atoms with Crippen molar-refractivity contribution in [3.8, 4) is 0 Å². The Bertz CT molecular complexity index is 1280. The number of benzene rings is 1. The number of nitrogens with one attached hydrogen (secondary N) is 2. The molecule has 0 radical (unpaired) electrons. The summed E-state index contributed by atoms with van der Waals surface area (Å²) < 4.78 is 0. The van der Waals surface area contributed by atoms with Gasteiger partial charge in [-0.25, -0.2) is 9.97 Å². The van der Waals surface area contributed by atoms with Crippen molar-refractivity contribution in [2.75, 3.05) is 32.0 Å². The summed E-state index contributed by atoms with van der Waals surface area (Å²) in [5.41, 5.74) is 6.10. The summed E-state index contributed by atoms with van der Waals surface area (Å²) in [5.74, 6) is 2.73. The number of likely N-dealkylation sites (tertiary alicyclic amines) is 2.